The van der Waals surface area contributed by atoms with E-state index in [2.05, 4.69) is 27.7 Å². The Morgan fingerprint density at radius 1 is 0.478 bits per heavy atom. The second kappa shape index (κ2) is 17.3. The first kappa shape index (κ1) is 23.4. The molecule has 2 heteroatoms. The number of rotatable bonds is 18. The van der Waals surface area contributed by atoms with Gasteiger partial charge in [0.1, 0.15) is 0 Å². The van der Waals surface area contributed by atoms with Crippen LogP contribution in [0.25, 0.3) is 0 Å². The highest BCUT2D eigenvalue weighted by Crippen LogP contribution is 2.29. The Morgan fingerprint density at radius 3 is 1.26 bits per heavy atom. The third-order valence-corrected chi connectivity index (χ3v) is 17.1. The number of hydrogen-bond acceptors (Lipinski definition) is 0. The Hall–Kier alpha value is 0.434. The van der Waals surface area contributed by atoms with E-state index in [1.165, 1.54) is 57.8 Å². The van der Waals surface area contributed by atoms with Gasteiger partial charge in [0.05, 0.1) is 0 Å². The van der Waals surface area contributed by atoms with Crippen LogP contribution >= 0.6 is 0 Å². The molecule has 0 saturated heterocycles. The zero-order chi connectivity index (χ0) is 17.2. The van der Waals surface area contributed by atoms with E-state index in [9.17, 15) is 0 Å². The molecule has 0 fully saturated rings. The molecular formula is C21H47Si2. The molecule has 0 aliphatic heterocycles. The molecule has 0 saturated carbocycles. The van der Waals surface area contributed by atoms with Gasteiger partial charge >= 0.3 is 0 Å². The third-order valence-electron chi connectivity index (χ3n) is 5.47. The van der Waals surface area contributed by atoms with Crippen molar-refractivity contribution in [2.45, 2.75) is 135 Å². The van der Waals surface area contributed by atoms with Crippen LogP contribution in [-0.4, -0.2) is 16.6 Å². The van der Waals surface area contributed by atoms with Gasteiger partial charge in [-0.3, -0.25) is 0 Å². The maximum Gasteiger partial charge on any atom is 0.0409 e. The lowest BCUT2D eigenvalue weighted by Crippen LogP contribution is -2.41. The van der Waals surface area contributed by atoms with Gasteiger partial charge in [-0.05, 0) is 0 Å². The molecule has 0 aliphatic rings. The lowest BCUT2D eigenvalue weighted by Gasteiger charge is -2.32. The molecule has 0 nitrogen and oxygen atoms in total. The van der Waals surface area contributed by atoms with Gasteiger partial charge in [-0.2, -0.15) is 0 Å². The van der Waals surface area contributed by atoms with Crippen LogP contribution in [0.3, 0.4) is 0 Å². The molecule has 0 heterocycles. The van der Waals surface area contributed by atoms with Crippen molar-refractivity contribution in [3.63, 3.8) is 0 Å². The van der Waals surface area contributed by atoms with Crippen molar-refractivity contribution >= 4 is 16.6 Å². The second-order valence-electron chi connectivity index (χ2n) is 7.79. The van der Waals surface area contributed by atoms with E-state index in [1.807, 2.05) is 0 Å². The van der Waals surface area contributed by atoms with Crippen LogP contribution < -0.4 is 0 Å². The Bertz CT molecular complexity index is 201. The average molecular weight is 356 g/mol. The van der Waals surface area contributed by atoms with Crippen LogP contribution in [0.5, 0.6) is 0 Å². The molecule has 0 aliphatic carbocycles. The van der Waals surface area contributed by atoms with Crippen LogP contribution in [-0.2, 0) is 0 Å². The van der Waals surface area contributed by atoms with Gasteiger partial charge in [-0.25, -0.2) is 0 Å². The van der Waals surface area contributed by atoms with Crippen molar-refractivity contribution < 1.29 is 0 Å². The maximum absolute atomic E-state index is 2.37. The summed E-state index contributed by atoms with van der Waals surface area (Å²) in [5.74, 6) is 0. The molecule has 0 unspecified atom stereocenters. The zero-order valence-corrected chi connectivity index (χ0v) is 19.3. The minimum absolute atomic E-state index is 0.812. The summed E-state index contributed by atoms with van der Waals surface area (Å²) < 4.78 is 0. The van der Waals surface area contributed by atoms with Crippen molar-refractivity contribution in [3.05, 3.63) is 0 Å². The van der Waals surface area contributed by atoms with Gasteiger partial charge in [0.15, 0.2) is 0 Å². The molecule has 0 aromatic heterocycles. The highest BCUT2D eigenvalue weighted by atomic mass is 29.2. The van der Waals surface area contributed by atoms with Gasteiger partial charge in [-0.15, -0.1) is 0 Å². The fourth-order valence-corrected chi connectivity index (χ4v) is 15.3. The van der Waals surface area contributed by atoms with Gasteiger partial charge in [0.2, 0.25) is 0 Å². The van der Waals surface area contributed by atoms with Crippen LogP contribution in [0.4, 0.5) is 0 Å². The lowest BCUT2D eigenvalue weighted by molar-refractivity contribution is 0.699. The van der Waals surface area contributed by atoms with Crippen LogP contribution in [0.2, 0.25) is 24.2 Å². The smallest absolute Gasteiger partial charge is 0.0409 e. The maximum atomic E-state index is 2.37. The molecule has 139 valence electrons. The van der Waals surface area contributed by atoms with E-state index in [-0.39, 0.29) is 0 Å². The van der Waals surface area contributed by atoms with E-state index in [0.717, 1.165) is 9.04 Å². The SMILES string of the molecule is CCCCCC[SiH][Si](CCCCC)(CCCCC)CCCCC. The number of unbranched alkanes of at least 4 members (excludes halogenated alkanes) is 9. The number of hydrogen-bond donors (Lipinski definition) is 0. The van der Waals surface area contributed by atoms with Crippen molar-refractivity contribution in [2.24, 2.45) is 0 Å². The second-order valence-corrected chi connectivity index (χ2v) is 17.9. The highest BCUT2D eigenvalue weighted by Gasteiger charge is 2.30. The first-order valence-corrected chi connectivity index (χ1v) is 16.3. The third kappa shape index (κ3) is 13.4. The predicted molar refractivity (Wildman–Crippen MR) is 115 cm³/mol. The monoisotopic (exact) mass is 355 g/mol. The molecule has 0 atom stereocenters. The predicted octanol–water partition coefficient (Wildman–Crippen LogP) is 7.94. The molecule has 0 aromatic carbocycles. The molecule has 23 heavy (non-hydrogen) atoms. The molecule has 1 radical (unpaired) electrons. The van der Waals surface area contributed by atoms with Crippen molar-refractivity contribution in [1.29, 1.82) is 0 Å². The van der Waals surface area contributed by atoms with Gasteiger partial charge in [0.25, 0.3) is 0 Å². The zero-order valence-electron chi connectivity index (χ0n) is 17.1. The van der Waals surface area contributed by atoms with Crippen LogP contribution in [0, 0.1) is 0 Å². The summed E-state index contributed by atoms with van der Waals surface area (Å²) in [6.07, 6.45) is 19.3. The van der Waals surface area contributed by atoms with Crippen molar-refractivity contribution in [1.82, 2.24) is 0 Å². The van der Waals surface area contributed by atoms with Crippen LogP contribution in [0.1, 0.15) is 111 Å². The minimum Gasteiger partial charge on any atom is -0.0654 e. The lowest BCUT2D eigenvalue weighted by atomic mass is 10.2. The van der Waals surface area contributed by atoms with Gasteiger partial charge < -0.3 is 0 Å². The standard InChI is InChI=1S/C21H47Si2/c1-5-9-13-14-18-22-23(19-15-10-6-2,20-16-11-7-3)21-17-12-8-4/h22H,5-21H2,1-4H3. The minimum atomic E-state index is -0.884. The molecule has 0 rings (SSSR count). The largest absolute Gasteiger partial charge is 0.0654 e. The Labute approximate surface area is 152 Å². The van der Waals surface area contributed by atoms with E-state index in [1.54, 1.807) is 49.9 Å². The van der Waals surface area contributed by atoms with E-state index < -0.39 is 7.59 Å². The van der Waals surface area contributed by atoms with Crippen molar-refractivity contribution in [3.8, 4) is 0 Å². The molecule has 0 amide bonds. The molecule has 0 aromatic rings. The Kier molecular flexibility index (Phi) is 17.6. The summed E-state index contributed by atoms with van der Waals surface area (Å²) in [5, 5.41) is 0. The summed E-state index contributed by atoms with van der Waals surface area (Å²) in [4.78, 5) is 0. The normalized spacial score (nSPS) is 12.0. The van der Waals surface area contributed by atoms with E-state index in [4.69, 9.17) is 0 Å². The topological polar surface area (TPSA) is 0 Å². The highest BCUT2D eigenvalue weighted by molar-refractivity contribution is 7.24. The summed E-state index contributed by atoms with van der Waals surface area (Å²) in [5.41, 5.74) is 0. The summed E-state index contributed by atoms with van der Waals surface area (Å²) >= 11 is 0. The van der Waals surface area contributed by atoms with Crippen LogP contribution in [0.15, 0.2) is 0 Å². The van der Waals surface area contributed by atoms with Gasteiger partial charge in [0, 0.05) is 16.6 Å². The molecule has 0 N–H and O–H groups in total. The fourth-order valence-electron chi connectivity index (χ4n) is 3.84. The average Bonchev–Trinajstić information content (AvgIpc) is 2.55. The molecular weight excluding hydrogens is 308 g/mol. The summed E-state index contributed by atoms with van der Waals surface area (Å²) in [6.45, 7) is 9.45. The Balaban J connectivity index is 4.52. The first-order chi connectivity index (χ1) is 11.2. The van der Waals surface area contributed by atoms with Gasteiger partial charge in [-0.1, -0.05) is 135 Å². The van der Waals surface area contributed by atoms with Crippen molar-refractivity contribution in [2.75, 3.05) is 0 Å². The van der Waals surface area contributed by atoms with E-state index >= 15 is 0 Å². The molecule has 0 bridgehead atoms. The quantitative estimate of drug-likeness (QED) is 0.173. The molecule has 0 spiro atoms. The first-order valence-electron chi connectivity index (χ1n) is 11.1. The fraction of sp³-hybridized carbons (Fsp3) is 1.00. The summed E-state index contributed by atoms with van der Waals surface area (Å²) in [6, 6.07) is 6.71. The van der Waals surface area contributed by atoms with E-state index in [0.29, 0.717) is 0 Å². The Morgan fingerprint density at radius 2 is 0.870 bits per heavy atom. The summed E-state index contributed by atoms with van der Waals surface area (Å²) in [7, 11) is -0.0726.